The Morgan fingerprint density at radius 3 is 2.23 bits per heavy atom. The van der Waals surface area contributed by atoms with E-state index in [0.29, 0.717) is 12.4 Å². The van der Waals surface area contributed by atoms with Gasteiger partial charge in [-0.1, -0.05) is 64.1 Å². The lowest BCUT2D eigenvalue weighted by Crippen LogP contribution is -2.33. The van der Waals surface area contributed by atoms with Crippen LogP contribution >= 0.6 is 0 Å². The van der Waals surface area contributed by atoms with Crippen LogP contribution in [0.3, 0.4) is 0 Å². The van der Waals surface area contributed by atoms with Crippen LogP contribution in [-0.2, 0) is 20.4 Å². The molecule has 3 heteroatoms. The van der Waals surface area contributed by atoms with E-state index in [0.717, 1.165) is 5.56 Å². The second kappa shape index (κ2) is 8.67. The van der Waals surface area contributed by atoms with Crippen LogP contribution in [0, 0.1) is 0 Å². The van der Waals surface area contributed by atoms with Crippen LogP contribution in [0.2, 0.25) is 0 Å². The van der Waals surface area contributed by atoms with Gasteiger partial charge in [-0.3, -0.25) is 0 Å². The second-order valence-electron chi connectivity index (χ2n) is 9.52. The van der Waals surface area contributed by atoms with Crippen LogP contribution in [0.1, 0.15) is 76.6 Å². The molecule has 0 aliphatic heterocycles. The summed E-state index contributed by atoms with van der Waals surface area (Å²) in [6, 6.07) is 14.8. The maximum absolute atomic E-state index is 11.4. The van der Waals surface area contributed by atoms with Gasteiger partial charge >= 0.3 is 5.97 Å². The molecule has 0 atom stereocenters. The van der Waals surface area contributed by atoms with Gasteiger partial charge in [0.2, 0.25) is 0 Å². The zero-order valence-electron chi connectivity index (χ0n) is 19.2. The third-order valence-electron chi connectivity index (χ3n) is 6.23. The van der Waals surface area contributed by atoms with E-state index in [9.17, 15) is 4.79 Å². The lowest BCUT2D eigenvalue weighted by Gasteiger charge is -2.42. The van der Waals surface area contributed by atoms with Gasteiger partial charge in [0.25, 0.3) is 0 Å². The second-order valence-corrected chi connectivity index (χ2v) is 9.52. The molecule has 0 unspecified atom stereocenters. The predicted octanol–water partition coefficient (Wildman–Crippen LogP) is 6.54. The molecule has 3 nitrogen and oxygen atoms in total. The SMILES string of the molecule is CCOC(=O)COc1ccc(/C=C(\C)c2ccc3c(c2)C(C)(C)CCC3(C)C)cc1. The standard InChI is InChI=1S/C27H34O3/c1-7-29-25(28)18-30-22-11-8-20(9-12-22)16-19(2)21-10-13-23-24(17-21)27(5,6)15-14-26(23,3)4/h8-13,16-17H,7,14-15,18H2,1-6H3/b19-16+. The molecule has 0 saturated heterocycles. The van der Waals surface area contributed by atoms with Crippen molar-refractivity contribution in [1.82, 2.24) is 0 Å². The van der Waals surface area contributed by atoms with Crippen molar-refractivity contribution in [2.24, 2.45) is 0 Å². The fraction of sp³-hybridized carbons (Fsp3) is 0.444. The zero-order valence-corrected chi connectivity index (χ0v) is 19.2. The molecule has 1 aliphatic rings. The lowest BCUT2D eigenvalue weighted by molar-refractivity contribution is -0.145. The Hall–Kier alpha value is -2.55. The third-order valence-corrected chi connectivity index (χ3v) is 6.23. The first-order chi connectivity index (χ1) is 14.1. The first-order valence-electron chi connectivity index (χ1n) is 10.8. The Kier molecular flexibility index (Phi) is 6.40. The molecule has 0 aromatic heterocycles. The number of fused-ring (bicyclic) bond motifs is 1. The topological polar surface area (TPSA) is 35.5 Å². The summed E-state index contributed by atoms with van der Waals surface area (Å²) in [7, 11) is 0. The first-order valence-corrected chi connectivity index (χ1v) is 10.8. The molecule has 0 N–H and O–H groups in total. The van der Waals surface area contributed by atoms with Gasteiger partial charge < -0.3 is 9.47 Å². The Morgan fingerprint density at radius 1 is 0.967 bits per heavy atom. The highest BCUT2D eigenvalue weighted by molar-refractivity contribution is 5.81. The van der Waals surface area contributed by atoms with E-state index in [-0.39, 0.29) is 23.4 Å². The summed E-state index contributed by atoms with van der Waals surface area (Å²) in [4.78, 5) is 11.4. The Morgan fingerprint density at radius 2 is 1.60 bits per heavy atom. The Labute approximate surface area is 181 Å². The maximum atomic E-state index is 11.4. The monoisotopic (exact) mass is 406 g/mol. The summed E-state index contributed by atoms with van der Waals surface area (Å²) in [6.07, 6.45) is 4.63. The number of allylic oxidation sites excluding steroid dienone is 1. The number of hydrogen-bond donors (Lipinski definition) is 0. The van der Waals surface area contributed by atoms with Crippen LogP contribution < -0.4 is 4.74 Å². The maximum Gasteiger partial charge on any atom is 0.344 e. The lowest BCUT2D eigenvalue weighted by atomic mass is 9.63. The average molecular weight is 407 g/mol. The number of ether oxygens (including phenoxy) is 2. The van der Waals surface area contributed by atoms with Gasteiger partial charge in [-0.15, -0.1) is 0 Å². The van der Waals surface area contributed by atoms with Crippen molar-refractivity contribution in [1.29, 1.82) is 0 Å². The fourth-order valence-corrected chi connectivity index (χ4v) is 4.17. The highest BCUT2D eigenvalue weighted by Crippen LogP contribution is 2.46. The van der Waals surface area contributed by atoms with Crippen molar-refractivity contribution in [3.63, 3.8) is 0 Å². The molecule has 0 spiro atoms. The van der Waals surface area contributed by atoms with E-state index in [1.54, 1.807) is 6.92 Å². The summed E-state index contributed by atoms with van der Waals surface area (Å²) < 4.78 is 10.4. The highest BCUT2D eigenvalue weighted by atomic mass is 16.6. The van der Waals surface area contributed by atoms with E-state index in [4.69, 9.17) is 9.47 Å². The summed E-state index contributed by atoms with van der Waals surface area (Å²) in [6.45, 7) is 13.7. The first kappa shape index (κ1) is 22.1. The molecule has 0 heterocycles. The number of carbonyl (C=O) groups is 1. The van der Waals surface area contributed by atoms with Gasteiger partial charge in [0, 0.05) is 0 Å². The normalized spacial score (nSPS) is 17.2. The Bertz CT molecular complexity index is 933. The molecule has 3 rings (SSSR count). The summed E-state index contributed by atoms with van der Waals surface area (Å²) in [5.74, 6) is 0.312. The number of hydrogen-bond acceptors (Lipinski definition) is 3. The average Bonchev–Trinajstić information content (AvgIpc) is 2.71. The molecular formula is C27H34O3. The van der Waals surface area contributed by atoms with Crippen molar-refractivity contribution < 1.29 is 14.3 Å². The number of esters is 1. The largest absolute Gasteiger partial charge is 0.482 e. The van der Waals surface area contributed by atoms with Crippen LogP contribution in [0.5, 0.6) is 5.75 Å². The molecule has 0 saturated carbocycles. The smallest absolute Gasteiger partial charge is 0.344 e. The van der Waals surface area contributed by atoms with E-state index in [1.165, 1.54) is 35.1 Å². The number of benzene rings is 2. The van der Waals surface area contributed by atoms with Gasteiger partial charge in [0.05, 0.1) is 6.61 Å². The van der Waals surface area contributed by atoms with Gasteiger partial charge in [0.1, 0.15) is 5.75 Å². The molecule has 160 valence electrons. The van der Waals surface area contributed by atoms with Crippen molar-refractivity contribution in [2.75, 3.05) is 13.2 Å². The molecule has 0 radical (unpaired) electrons. The van der Waals surface area contributed by atoms with Crippen molar-refractivity contribution in [3.05, 3.63) is 64.7 Å². The molecule has 0 bridgehead atoms. The summed E-state index contributed by atoms with van der Waals surface area (Å²) in [5.41, 5.74) is 7.01. The van der Waals surface area contributed by atoms with E-state index < -0.39 is 0 Å². The van der Waals surface area contributed by atoms with E-state index in [1.807, 2.05) is 24.3 Å². The zero-order chi connectivity index (χ0) is 21.9. The third kappa shape index (κ3) is 4.95. The molecule has 0 amide bonds. The van der Waals surface area contributed by atoms with Crippen LogP contribution in [0.4, 0.5) is 0 Å². The predicted molar refractivity (Wildman–Crippen MR) is 124 cm³/mol. The van der Waals surface area contributed by atoms with Crippen LogP contribution in [0.15, 0.2) is 42.5 Å². The van der Waals surface area contributed by atoms with Crippen molar-refractivity contribution >= 4 is 17.6 Å². The van der Waals surface area contributed by atoms with Gasteiger partial charge in [-0.25, -0.2) is 4.79 Å². The van der Waals surface area contributed by atoms with Gasteiger partial charge in [-0.05, 0) is 77.5 Å². The number of carbonyl (C=O) groups excluding carboxylic acids is 1. The van der Waals surface area contributed by atoms with Crippen LogP contribution in [-0.4, -0.2) is 19.2 Å². The summed E-state index contributed by atoms with van der Waals surface area (Å²) >= 11 is 0. The number of rotatable bonds is 6. The van der Waals surface area contributed by atoms with Crippen molar-refractivity contribution in [2.45, 2.75) is 65.2 Å². The fourth-order valence-electron chi connectivity index (χ4n) is 4.17. The molecule has 2 aromatic rings. The van der Waals surface area contributed by atoms with Gasteiger partial charge in [0.15, 0.2) is 6.61 Å². The van der Waals surface area contributed by atoms with Crippen LogP contribution in [0.25, 0.3) is 11.6 Å². The highest BCUT2D eigenvalue weighted by Gasteiger charge is 2.36. The van der Waals surface area contributed by atoms with E-state index in [2.05, 4.69) is 58.9 Å². The molecular weight excluding hydrogens is 372 g/mol. The molecule has 30 heavy (non-hydrogen) atoms. The molecule has 0 fully saturated rings. The Balaban J connectivity index is 1.78. The minimum Gasteiger partial charge on any atom is -0.482 e. The van der Waals surface area contributed by atoms with Gasteiger partial charge in [-0.2, -0.15) is 0 Å². The quantitative estimate of drug-likeness (QED) is 0.404. The minimum atomic E-state index is -0.351. The van der Waals surface area contributed by atoms with Crippen molar-refractivity contribution in [3.8, 4) is 5.75 Å². The molecule has 2 aromatic carbocycles. The van der Waals surface area contributed by atoms with E-state index >= 15 is 0 Å². The minimum absolute atomic E-state index is 0.0662. The summed E-state index contributed by atoms with van der Waals surface area (Å²) in [5, 5.41) is 0. The molecule has 1 aliphatic carbocycles.